The van der Waals surface area contributed by atoms with Crippen LogP contribution in [0.25, 0.3) is 22.6 Å². The Labute approximate surface area is 226 Å². The third kappa shape index (κ3) is 5.85. The lowest BCUT2D eigenvalue weighted by molar-refractivity contribution is 0.0636. The molecular formula is C32H41FN4O. The van der Waals surface area contributed by atoms with Crippen LogP contribution in [0.2, 0.25) is 0 Å². The van der Waals surface area contributed by atoms with Crippen LogP contribution in [0.3, 0.4) is 0 Å². The number of rotatable bonds is 9. The molecule has 1 amide bonds. The van der Waals surface area contributed by atoms with Crippen LogP contribution < -0.4 is 0 Å². The fourth-order valence-corrected chi connectivity index (χ4v) is 6.12. The number of aryl methyl sites for hydroxylation is 1. The van der Waals surface area contributed by atoms with Crippen LogP contribution in [-0.2, 0) is 13.5 Å². The first-order valence-corrected chi connectivity index (χ1v) is 14.5. The van der Waals surface area contributed by atoms with E-state index < -0.39 is 0 Å². The summed E-state index contributed by atoms with van der Waals surface area (Å²) in [5.74, 6) is 0.494. The van der Waals surface area contributed by atoms with E-state index in [-0.39, 0.29) is 11.7 Å². The van der Waals surface area contributed by atoms with E-state index in [9.17, 15) is 9.18 Å². The van der Waals surface area contributed by atoms with Gasteiger partial charge in [0, 0.05) is 37.3 Å². The summed E-state index contributed by atoms with van der Waals surface area (Å²) >= 11 is 0. The topological polar surface area (TPSA) is 41.4 Å². The van der Waals surface area contributed by atoms with E-state index in [1.807, 2.05) is 16.5 Å². The Kier molecular flexibility index (Phi) is 8.58. The summed E-state index contributed by atoms with van der Waals surface area (Å²) in [5, 5.41) is 0. The Morgan fingerprint density at radius 1 is 0.947 bits per heavy atom. The van der Waals surface area contributed by atoms with Gasteiger partial charge in [0.15, 0.2) is 0 Å². The lowest BCUT2D eigenvalue weighted by Gasteiger charge is -2.36. The highest BCUT2D eigenvalue weighted by molar-refractivity contribution is 5.99. The van der Waals surface area contributed by atoms with Gasteiger partial charge < -0.3 is 14.4 Å². The number of benzene rings is 2. The highest BCUT2D eigenvalue weighted by atomic mass is 19.1. The molecule has 2 fully saturated rings. The minimum Gasteiger partial charge on any atom is -0.337 e. The molecule has 0 radical (unpaired) electrons. The number of carbonyl (C=O) groups excluding carboxylic acids is 1. The number of likely N-dealkylation sites (tertiary alicyclic amines) is 2. The summed E-state index contributed by atoms with van der Waals surface area (Å²) in [6.45, 7) is 6.13. The normalized spacial score (nSPS) is 16.9. The van der Waals surface area contributed by atoms with Gasteiger partial charge in [-0.25, -0.2) is 9.37 Å². The quantitative estimate of drug-likeness (QED) is 0.297. The maximum absolute atomic E-state index is 14.0. The number of piperidine rings is 1. The van der Waals surface area contributed by atoms with Gasteiger partial charge in [-0.2, -0.15) is 0 Å². The Bertz CT molecular complexity index is 1220. The maximum atomic E-state index is 14.0. The summed E-state index contributed by atoms with van der Waals surface area (Å²) in [4.78, 5) is 23.6. The second-order valence-corrected chi connectivity index (χ2v) is 11.0. The molecule has 2 saturated heterocycles. The molecule has 2 aromatic carbocycles. The number of hydrogen-bond acceptors (Lipinski definition) is 3. The second-order valence-electron chi connectivity index (χ2n) is 11.0. The van der Waals surface area contributed by atoms with Crippen molar-refractivity contribution in [3.63, 3.8) is 0 Å². The fraction of sp³-hybridized carbons (Fsp3) is 0.500. The first-order chi connectivity index (χ1) is 18.5. The molecule has 202 valence electrons. The molecule has 1 aromatic heterocycles. The molecule has 3 aromatic rings. The summed E-state index contributed by atoms with van der Waals surface area (Å²) in [7, 11) is 1.94. The molecule has 0 N–H and O–H groups in total. The lowest BCUT2D eigenvalue weighted by Crippen LogP contribution is -2.46. The third-order valence-corrected chi connectivity index (χ3v) is 8.33. The predicted molar refractivity (Wildman–Crippen MR) is 152 cm³/mol. The van der Waals surface area contributed by atoms with Crippen molar-refractivity contribution in [1.82, 2.24) is 19.4 Å². The van der Waals surface area contributed by atoms with Crippen LogP contribution in [0.1, 0.15) is 74.3 Å². The van der Waals surface area contributed by atoms with Crippen molar-refractivity contribution >= 4 is 5.91 Å². The van der Waals surface area contributed by atoms with E-state index in [1.54, 1.807) is 12.1 Å². The van der Waals surface area contributed by atoms with E-state index >= 15 is 0 Å². The molecule has 3 heterocycles. The summed E-state index contributed by atoms with van der Waals surface area (Å²) in [5.41, 5.74) is 4.28. The van der Waals surface area contributed by atoms with E-state index in [2.05, 4.69) is 36.1 Å². The van der Waals surface area contributed by atoms with Crippen molar-refractivity contribution in [3.8, 4) is 22.6 Å². The van der Waals surface area contributed by atoms with Crippen LogP contribution >= 0.6 is 0 Å². The van der Waals surface area contributed by atoms with Gasteiger partial charge >= 0.3 is 0 Å². The SMILES string of the molecule is CCCCCCc1cccc(-c2nc(-c3ccc(F)cc3)c(C(=O)N3CCC(N4CCCC4)CC3)n2C)c1. The molecule has 6 heteroatoms. The average Bonchev–Trinajstić information content (AvgIpc) is 3.60. The number of hydrogen-bond donors (Lipinski definition) is 0. The van der Waals surface area contributed by atoms with Gasteiger partial charge in [-0.15, -0.1) is 0 Å². The van der Waals surface area contributed by atoms with Crippen LogP contribution in [0.15, 0.2) is 48.5 Å². The van der Waals surface area contributed by atoms with Gasteiger partial charge in [0.25, 0.3) is 5.91 Å². The second kappa shape index (κ2) is 12.2. The minimum absolute atomic E-state index is 0.0150. The number of unbranched alkanes of at least 4 members (excludes halogenated alkanes) is 3. The van der Waals surface area contributed by atoms with Gasteiger partial charge in [-0.05, 0) is 87.5 Å². The molecule has 2 aliphatic heterocycles. The van der Waals surface area contributed by atoms with E-state index in [0.717, 1.165) is 49.3 Å². The van der Waals surface area contributed by atoms with Gasteiger partial charge in [-0.3, -0.25) is 4.79 Å². The molecule has 38 heavy (non-hydrogen) atoms. The molecule has 2 aliphatic rings. The van der Waals surface area contributed by atoms with Crippen molar-refractivity contribution in [1.29, 1.82) is 0 Å². The van der Waals surface area contributed by atoms with E-state index in [4.69, 9.17) is 4.98 Å². The Balaban J connectivity index is 1.43. The van der Waals surface area contributed by atoms with E-state index in [1.165, 1.54) is 69.3 Å². The lowest BCUT2D eigenvalue weighted by atomic mass is 10.0. The van der Waals surface area contributed by atoms with Crippen LogP contribution in [0.4, 0.5) is 4.39 Å². The Hall–Kier alpha value is -2.99. The molecule has 5 rings (SSSR count). The third-order valence-electron chi connectivity index (χ3n) is 8.33. The number of carbonyl (C=O) groups is 1. The zero-order valence-corrected chi connectivity index (χ0v) is 23.0. The monoisotopic (exact) mass is 516 g/mol. The highest BCUT2D eigenvalue weighted by Gasteiger charge is 2.32. The fourth-order valence-electron chi connectivity index (χ4n) is 6.12. The molecule has 0 spiro atoms. The Morgan fingerprint density at radius 2 is 1.68 bits per heavy atom. The van der Waals surface area contributed by atoms with Crippen molar-refractivity contribution in [2.45, 2.75) is 70.8 Å². The van der Waals surface area contributed by atoms with Crippen LogP contribution in [0.5, 0.6) is 0 Å². The van der Waals surface area contributed by atoms with E-state index in [0.29, 0.717) is 17.4 Å². The zero-order chi connectivity index (χ0) is 26.5. The largest absolute Gasteiger partial charge is 0.337 e. The van der Waals surface area contributed by atoms with Crippen molar-refractivity contribution < 1.29 is 9.18 Å². The van der Waals surface area contributed by atoms with Gasteiger partial charge in [-0.1, -0.05) is 44.4 Å². The van der Waals surface area contributed by atoms with Gasteiger partial charge in [0.05, 0.1) is 0 Å². The molecule has 5 nitrogen and oxygen atoms in total. The van der Waals surface area contributed by atoms with Gasteiger partial charge in [0.2, 0.25) is 0 Å². The van der Waals surface area contributed by atoms with Crippen molar-refractivity contribution in [2.75, 3.05) is 26.2 Å². The van der Waals surface area contributed by atoms with Crippen LogP contribution in [0, 0.1) is 5.82 Å². The first kappa shape index (κ1) is 26.6. The molecular weight excluding hydrogens is 475 g/mol. The van der Waals surface area contributed by atoms with Gasteiger partial charge in [0.1, 0.15) is 23.0 Å². The van der Waals surface area contributed by atoms with Crippen molar-refractivity contribution in [3.05, 3.63) is 65.6 Å². The number of aromatic nitrogens is 2. The van der Waals surface area contributed by atoms with Crippen LogP contribution in [-0.4, -0.2) is 57.5 Å². The standard InChI is InChI=1S/C32H41FN4O/c1-3-4-5-6-10-24-11-9-12-26(23-24)31-34-29(25-13-15-27(33)16-14-25)30(35(31)2)32(38)37-21-17-28(18-22-37)36-19-7-8-20-36/h9,11-16,23,28H,3-8,10,17-22H2,1-2H3. The molecule has 0 aliphatic carbocycles. The molecule has 0 unspecified atom stereocenters. The zero-order valence-electron chi connectivity index (χ0n) is 23.0. The number of amides is 1. The number of halogens is 1. The molecule has 0 saturated carbocycles. The summed E-state index contributed by atoms with van der Waals surface area (Å²) in [6, 6.07) is 15.5. The highest BCUT2D eigenvalue weighted by Crippen LogP contribution is 2.31. The smallest absolute Gasteiger partial charge is 0.272 e. The average molecular weight is 517 g/mol. The Morgan fingerprint density at radius 3 is 2.39 bits per heavy atom. The first-order valence-electron chi connectivity index (χ1n) is 14.5. The van der Waals surface area contributed by atoms with Crippen molar-refractivity contribution in [2.24, 2.45) is 7.05 Å². The predicted octanol–water partition coefficient (Wildman–Crippen LogP) is 6.72. The minimum atomic E-state index is -0.294. The molecule has 0 atom stereocenters. The summed E-state index contributed by atoms with van der Waals surface area (Å²) < 4.78 is 15.7. The maximum Gasteiger partial charge on any atom is 0.272 e. The molecule has 0 bridgehead atoms. The number of imidazole rings is 1. The summed E-state index contributed by atoms with van der Waals surface area (Å²) in [6.07, 6.45) is 10.6. The number of nitrogens with zero attached hydrogens (tertiary/aromatic N) is 4.